The molecule has 1 amide bonds. The largest absolute Gasteiger partial charge is 0.465 e. The summed E-state index contributed by atoms with van der Waals surface area (Å²) in [4.78, 5) is 32.8. The first kappa shape index (κ1) is 20.0. The van der Waals surface area contributed by atoms with Crippen molar-refractivity contribution in [2.45, 2.75) is 19.8 Å². The number of nitrogens with zero attached hydrogens (tertiary/aromatic N) is 2. The quantitative estimate of drug-likeness (QED) is 0.607. The molecular formula is C22H22N4O3. The summed E-state index contributed by atoms with van der Waals surface area (Å²) in [5.74, 6) is -0.244. The van der Waals surface area contributed by atoms with Crippen molar-refractivity contribution in [3.63, 3.8) is 0 Å². The SMILES string of the molecule is COC(=O)c1cccc(Nc2nccc(C(=O)Nc3ccccc3C(C)C)n2)c1. The number of hydrogen-bond acceptors (Lipinski definition) is 6. The molecule has 29 heavy (non-hydrogen) atoms. The van der Waals surface area contributed by atoms with Crippen molar-refractivity contribution < 1.29 is 14.3 Å². The van der Waals surface area contributed by atoms with Gasteiger partial charge in [0, 0.05) is 17.6 Å². The average molecular weight is 390 g/mol. The molecule has 0 aliphatic heterocycles. The van der Waals surface area contributed by atoms with Gasteiger partial charge in [0.05, 0.1) is 12.7 Å². The number of hydrogen-bond donors (Lipinski definition) is 2. The molecule has 0 fully saturated rings. The number of carbonyl (C=O) groups excluding carboxylic acids is 2. The van der Waals surface area contributed by atoms with Gasteiger partial charge in [0.25, 0.3) is 5.91 Å². The van der Waals surface area contributed by atoms with Crippen LogP contribution in [0.3, 0.4) is 0 Å². The third-order valence-corrected chi connectivity index (χ3v) is 4.26. The standard InChI is InChI=1S/C22H22N4O3/c1-14(2)17-9-4-5-10-18(17)25-20(27)19-11-12-23-22(26-19)24-16-8-6-7-15(13-16)21(28)29-3/h4-14H,1-3H3,(H,25,27)(H,23,24,26). The van der Waals surface area contributed by atoms with Gasteiger partial charge in [-0.25, -0.2) is 14.8 Å². The van der Waals surface area contributed by atoms with E-state index in [0.29, 0.717) is 11.3 Å². The Labute approximate surface area is 169 Å². The summed E-state index contributed by atoms with van der Waals surface area (Å²) in [5.41, 5.74) is 3.04. The zero-order chi connectivity index (χ0) is 20.8. The molecule has 0 bridgehead atoms. The topological polar surface area (TPSA) is 93.2 Å². The first-order chi connectivity index (χ1) is 14.0. The fourth-order valence-electron chi connectivity index (χ4n) is 2.82. The molecule has 7 nitrogen and oxygen atoms in total. The number of ether oxygens (including phenoxy) is 1. The van der Waals surface area contributed by atoms with Gasteiger partial charge in [-0.05, 0) is 41.8 Å². The highest BCUT2D eigenvalue weighted by Crippen LogP contribution is 2.24. The second-order valence-electron chi connectivity index (χ2n) is 6.66. The van der Waals surface area contributed by atoms with E-state index in [9.17, 15) is 9.59 Å². The van der Waals surface area contributed by atoms with Crippen molar-refractivity contribution in [3.8, 4) is 0 Å². The van der Waals surface area contributed by atoms with Gasteiger partial charge >= 0.3 is 5.97 Å². The van der Waals surface area contributed by atoms with Gasteiger partial charge in [-0.15, -0.1) is 0 Å². The van der Waals surface area contributed by atoms with Crippen molar-refractivity contribution in [2.24, 2.45) is 0 Å². The summed E-state index contributed by atoms with van der Waals surface area (Å²) in [7, 11) is 1.32. The Hall–Kier alpha value is -3.74. The monoisotopic (exact) mass is 390 g/mol. The van der Waals surface area contributed by atoms with Crippen molar-refractivity contribution in [1.82, 2.24) is 9.97 Å². The van der Waals surface area contributed by atoms with E-state index in [-0.39, 0.29) is 23.5 Å². The van der Waals surface area contributed by atoms with Crippen LogP contribution in [0.15, 0.2) is 60.8 Å². The molecule has 0 spiro atoms. The van der Waals surface area contributed by atoms with Crippen LogP contribution in [0.1, 0.15) is 46.2 Å². The van der Waals surface area contributed by atoms with E-state index in [1.54, 1.807) is 30.3 Å². The normalized spacial score (nSPS) is 10.5. The van der Waals surface area contributed by atoms with Gasteiger partial charge in [0.2, 0.25) is 5.95 Å². The minimum Gasteiger partial charge on any atom is -0.465 e. The molecule has 2 aromatic carbocycles. The van der Waals surface area contributed by atoms with Gasteiger partial charge in [0.1, 0.15) is 5.69 Å². The number of anilines is 3. The minimum atomic E-state index is -0.438. The van der Waals surface area contributed by atoms with Crippen LogP contribution in [-0.2, 0) is 4.74 Å². The molecule has 0 saturated carbocycles. The first-order valence-electron chi connectivity index (χ1n) is 9.16. The van der Waals surface area contributed by atoms with Crippen molar-refractivity contribution in [3.05, 3.63) is 77.6 Å². The highest BCUT2D eigenvalue weighted by atomic mass is 16.5. The zero-order valence-electron chi connectivity index (χ0n) is 16.5. The molecule has 0 saturated heterocycles. The molecule has 0 radical (unpaired) electrons. The predicted molar refractivity (Wildman–Crippen MR) is 112 cm³/mol. The van der Waals surface area contributed by atoms with Crippen LogP contribution < -0.4 is 10.6 Å². The van der Waals surface area contributed by atoms with E-state index in [2.05, 4.69) is 34.4 Å². The van der Waals surface area contributed by atoms with Crippen LogP contribution in [0.5, 0.6) is 0 Å². The van der Waals surface area contributed by atoms with E-state index in [4.69, 9.17) is 4.74 Å². The lowest BCUT2D eigenvalue weighted by Crippen LogP contribution is -2.16. The Kier molecular flexibility index (Phi) is 6.19. The summed E-state index contributed by atoms with van der Waals surface area (Å²) in [6, 6.07) is 16.0. The summed E-state index contributed by atoms with van der Waals surface area (Å²) >= 11 is 0. The lowest BCUT2D eigenvalue weighted by molar-refractivity contribution is 0.0600. The average Bonchev–Trinajstić information content (AvgIpc) is 2.73. The number of rotatable bonds is 6. The molecule has 7 heteroatoms. The Bertz CT molecular complexity index is 1030. The van der Waals surface area contributed by atoms with E-state index >= 15 is 0 Å². The second-order valence-corrected chi connectivity index (χ2v) is 6.66. The Morgan fingerprint density at radius 3 is 2.59 bits per heavy atom. The molecule has 1 aromatic heterocycles. The molecular weight excluding hydrogens is 368 g/mol. The van der Waals surface area contributed by atoms with Crippen molar-refractivity contribution in [1.29, 1.82) is 0 Å². The van der Waals surface area contributed by atoms with Gasteiger partial charge < -0.3 is 15.4 Å². The zero-order valence-corrected chi connectivity index (χ0v) is 16.5. The van der Waals surface area contributed by atoms with E-state index < -0.39 is 5.97 Å². The molecule has 0 aliphatic carbocycles. The number of nitrogens with one attached hydrogen (secondary N) is 2. The summed E-state index contributed by atoms with van der Waals surface area (Å²) in [6.07, 6.45) is 1.50. The number of esters is 1. The Balaban J connectivity index is 1.78. The van der Waals surface area contributed by atoms with Crippen LogP contribution >= 0.6 is 0 Å². The molecule has 3 aromatic rings. The summed E-state index contributed by atoms with van der Waals surface area (Å²) in [5, 5.41) is 5.91. The summed E-state index contributed by atoms with van der Waals surface area (Å²) < 4.78 is 4.72. The molecule has 0 aliphatic rings. The first-order valence-corrected chi connectivity index (χ1v) is 9.16. The second kappa shape index (κ2) is 8.97. The molecule has 1 heterocycles. The van der Waals surface area contributed by atoms with Gasteiger partial charge in [-0.3, -0.25) is 4.79 Å². The van der Waals surface area contributed by atoms with Crippen LogP contribution in [0.2, 0.25) is 0 Å². The Morgan fingerprint density at radius 2 is 1.83 bits per heavy atom. The summed E-state index contributed by atoms with van der Waals surface area (Å²) in [6.45, 7) is 4.14. The highest BCUT2D eigenvalue weighted by Gasteiger charge is 2.13. The fourth-order valence-corrected chi connectivity index (χ4v) is 2.82. The number of carbonyl (C=O) groups is 2. The number of aromatic nitrogens is 2. The molecule has 148 valence electrons. The number of para-hydroxylation sites is 1. The maximum absolute atomic E-state index is 12.7. The van der Waals surface area contributed by atoms with E-state index in [0.717, 1.165) is 11.3 Å². The lowest BCUT2D eigenvalue weighted by Gasteiger charge is -2.13. The van der Waals surface area contributed by atoms with Gasteiger partial charge in [-0.1, -0.05) is 38.1 Å². The molecule has 2 N–H and O–H groups in total. The van der Waals surface area contributed by atoms with Crippen LogP contribution in [0, 0.1) is 0 Å². The van der Waals surface area contributed by atoms with E-state index in [1.165, 1.54) is 13.3 Å². The maximum Gasteiger partial charge on any atom is 0.337 e. The van der Waals surface area contributed by atoms with Gasteiger partial charge in [-0.2, -0.15) is 0 Å². The minimum absolute atomic E-state index is 0.227. The van der Waals surface area contributed by atoms with Crippen molar-refractivity contribution >= 4 is 29.2 Å². The third kappa shape index (κ3) is 4.95. The number of methoxy groups -OCH3 is 1. The third-order valence-electron chi connectivity index (χ3n) is 4.26. The highest BCUT2D eigenvalue weighted by molar-refractivity contribution is 6.03. The molecule has 0 unspecified atom stereocenters. The number of benzene rings is 2. The molecule has 0 atom stereocenters. The van der Waals surface area contributed by atoms with Crippen LogP contribution in [0.25, 0.3) is 0 Å². The Morgan fingerprint density at radius 1 is 1.03 bits per heavy atom. The van der Waals surface area contributed by atoms with E-state index in [1.807, 2.05) is 24.3 Å². The fraction of sp³-hybridized carbons (Fsp3) is 0.182. The maximum atomic E-state index is 12.7. The number of amides is 1. The van der Waals surface area contributed by atoms with Gasteiger partial charge in [0.15, 0.2) is 0 Å². The predicted octanol–water partition coefficient (Wildman–Crippen LogP) is 4.38. The van der Waals surface area contributed by atoms with Crippen molar-refractivity contribution in [2.75, 3.05) is 17.7 Å². The van der Waals surface area contributed by atoms with Crippen LogP contribution in [-0.4, -0.2) is 29.0 Å². The lowest BCUT2D eigenvalue weighted by atomic mass is 10.0. The van der Waals surface area contributed by atoms with Crippen LogP contribution in [0.4, 0.5) is 17.3 Å². The molecule has 3 rings (SSSR count). The smallest absolute Gasteiger partial charge is 0.337 e.